The second kappa shape index (κ2) is 7.33. The summed E-state index contributed by atoms with van der Waals surface area (Å²) in [6.07, 6.45) is 0. The van der Waals surface area contributed by atoms with Gasteiger partial charge in [0.05, 0.1) is 32.8 Å². The molecule has 2 heterocycles. The fraction of sp³-hybridized carbons (Fsp3) is 0.0500. The van der Waals surface area contributed by atoms with Gasteiger partial charge in [-0.3, -0.25) is 0 Å². The fourth-order valence-electron chi connectivity index (χ4n) is 3.84. The third-order valence-electron chi connectivity index (χ3n) is 5.15. The molecule has 5 rings (SSSR count). The first kappa shape index (κ1) is 22.0. The predicted molar refractivity (Wildman–Crippen MR) is 134 cm³/mol. The number of aromatic hydroxyl groups is 2. The predicted octanol–water partition coefficient (Wildman–Crippen LogP) is 7.49. The van der Waals surface area contributed by atoms with Gasteiger partial charge in [-0.2, -0.15) is 0 Å². The summed E-state index contributed by atoms with van der Waals surface area (Å²) in [6, 6.07) is 6.05. The minimum atomic E-state index is -1.59. The van der Waals surface area contributed by atoms with Gasteiger partial charge in [-0.25, -0.2) is 4.79 Å². The van der Waals surface area contributed by atoms with Crippen molar-refractivity contribution in [2.24, 2.45) is 0 Å². The third-order valence-corrected chi connectivity index (χ3v) is 8.68. The Labute approximate surface area is 222 Å². The van der Waals surface area contributed by atoms with E-state index in [2.05, 4.69) is 0 Å². The van der Waals surface area contributed by atoms with E-state index >= 15 is 0 Å². The normalized spacial score (nSPS) is 15.2. The van der Waals surface area contributed by atoms with Crippen LogP contribution in [-0.4, -0.2) is 16.2 Å². The van der Waals surface area contributed by atoms with E-state index in [0.29, 0.717) is 18.3 Å². The van der Waals surface area contributed by atoms with Gasteiger partial charge in [0.25, 0.3) is 0 Å². The summed E-state index contributed by atoms with van der Waals surface area (Å²) < 4.78 is 12.9. The van der Waals surface area contributed by atoms with Crippen LogP contribution in [0.15, 0.2) is 24.3 Å². The molecule has 0 aliphatic carbocycles. The highest BCUT2D eigenvalue weighted by molar-refractivity contribution is 14.1. The number of fused-ring (bicyclic) bond motifs is 6. The molecule has 0 amide bonds. The molecule has 1 spiro atoms. The van der Waals surface area contributed by atoms with Gasteiger partial charge in [0.2, 0.25) is 0 Å². The molecule has 2 aliphatic rings. The van der Waals surface area contributed by atoms with Crippen molar-refractivity contribution >= 4 is 97.6 Å². The Morgan fingerprint density at radius 3 is 1.77 bits per heavy atom. The summed E-state index contributed by atoms with van der Waals surface area (Å²) in [4.78, 5) is 13.1. The number of phenols is 2. The minimum Gasteiger partial charge on any atom is -0.507 e. The maximum absolute atomic E-state index is 13.1. The molecule has 158 valence electrons. The van der Waals surface area contributed by atoms with Gasteiger partial charge < -0.3 is 19.7 Å². The van der Waals surface area contributed by atoms with Gasteiger partial charge >= 0.3 is 5.97 Å². The average Bonchev–Trinajstić information content (AvgIpc) is 3.02. The van der Waals surface area contributed by atoms with Gasteiger partial charge in [-0.05, 0) is 57.3 Å². The Morgan fingerprint density at radius 2 is 1.26 bits per heavy atom. The molecule has 3 aromatic rings. The zero-order chi connectivity index (χ0) is 22.4. The summed E-state index contributed by atoms with van der Waals surface area (Å²) >= 11 is 29.5. The maximum atomic E-state index is 13.1. The summed E-state index contributed by atoms with van der Waals surface area (Å²) in [5.74, 6) is -0.383. The summed E-state index contributed by atoms with van der Waals surface area (Å²) in [5, 5.41) is 20.3. The van der Waals surface area contributed by atoms with Crippen molar-refractivity contribution in [1.29, 1.82) is 0 Å². The van der Waals surface area contributed by atoms with Crippen molar-refractivity contribution < 1.29 is 24.5 Å². The van der Waals surface area contributed by atoms with Crippen LogP contribution < -0.4 is 4.74 Å². The Kier molecular flexibility index (Phi) is 5.19. The first-order valence-corrected chi connectivity index (χ1v) is 12.1. The van der Waals surface area contributed by atoms with E-state index in [1.807, 2.05) is 45.2 Å². The van der Waals surface area contributed by atoms with Gasteiger partial charge in [0.15, 0.2) is 5.60 Å². The van der Waals surface area contributed by atoms with Crippen molar-refractivity contribution in [3.63, 3.8) is 0 Å². The van der Waals surface area contributed by atoms with Crippen molar-refractivity contribution in [2.75, 3.05) is 0 Å². The molecule has 0 saturated heterocycles. The van der Waals surface area contributed by atoms with E-state index in [-0.39, 0.29) is 54.2 Å². The lowest BCUT2D eigenvalue weighted by atomic mass is 9.77. The number of carbonyl (C=O) groups excluding carboxylic acids is 1. The van der Waals surface area contributed by atoms with Crippen molar-refractivity contribution in [3.8, 4) is 23.0 Å². The first-order valence-electron chi connectivity index (χ1n) is 8.41. The van der Waals surface area contributed by atoms with E-state index in [0.717, 1.165) is 0 Å². The lowest BCUT2D eigenvalue weighted by molar-refractivity contribution is 0.0224. The van der Waals surface area contributed by atoms with E-state index in [4.69, 9.17) is 55.9 Å². The van der Waals surface area contributed by atoms with Crippen LogP contribution in [0.2, 0.25) is 20.1 Å². The lowest BCUT2D eigenvalue weighted by Gasteiger charge is -2.37. The number of carbonyl (C=O) groups is 1. The number of rotatable bonds is 0. The molecule has 31 heavy (non-hydrogen) atoms. The molecule has 0 aromatic heterocycles. The fourth-order valence-corrected chi connectivity index (χ4v) is 5.84. The molecular weight excluding hydrogens is 716 g/mol. The Balaban J connectivity index is 2.00. The summed E-state index contributed by atoms with van der Waals surface area (Å²) in [7, 11) is 0. The van der Waals surface area contributed by atoms with Crippen LogP contribution in [-0.2, 0) is 10.3 Å². The smallest absolute Gasteiger partial charge is 0.341 e. The Bertz CT molecular complexity index is 1300. The highest BCUT2D eigenvalue weighted by atomic mass is 127. The standard InChI is InChI=1S/C20H6Cl4I2O5/c21-15-13-14(16(22)18(24)17(15)23)20(31-19(13)29)5-1-7(25)9(27)3-11(5)30-12-4-10(28)8(26)2-6(12)20/h1-4,27-28H. The minimum absolute atomic E-state index is 0.00174. The van der Waals surface area contributed by atoms with Gasteiger partial charge in [0.1, 0.15) is 23.0 Å². The molecule has 0 bridgehead atoms. The zero-order valence-corrected chi connectivity index (χ0v) is 22.0. The molecule has 2 aliphatic heterocycles. The van der Waals surface area contributed by atoms with Crippen molar-refractivity contribution in [3.05, 3.63) is 73.8 Å². The van der Waals surface area contributed by atoms with Crippen LogP contribution in [0.25, 0.3) is 0 Å². The molecule has 3 aromatic carbocycles. The number of hydrogen-bond donors (Lipinski definition) is 2. The summed E-state index contributed by atoms with van der Waals surface area (Å²) in [5.41, 5.74) is -0.566. The van der Waals surface area contributed by atoms with Crippen LogP contribution in [0.4, 0.5) is 0 Å². The zero-order valence-electron chi connectivity index (χ0n) is 14.7. The average molecular weight is 722 g/mol. The van der Waals surface area contributed by atoms with Crippen LogP contribution in [0.5, 0.6) is 23.0 Å². The largest absolute Gasteiger partial charge is 0.507 e. The van der Waals surface area contributed by atoms with E-state index in [1.54, 1.807) is 12.1 Å². The number of esters is 1. The molecule has 5 nitrogen and oxygen atoms in total. The van der Waals surface area contributed by atoms with E-state index < -0.39 is 11.6 Å². The quantitative estimate of drug-likeness (QED) is 0.109. The van der Waals surface area contributed by atoms with E-state index in [9.17, 15) is 15.0 Å². The van der Waals surface area contributed by atoms with Crippen LogP contribution in [0.1, 0.15) is 27.0 Å². The van der Waals surface area contributed by atoms with Gasteiger partial charge in [0, 0.05) is 28.8 Å². The van der Waals surface area contributed by atoms with Crippen LogP contribution in [0.3, 0.4) is 0 Å². The number of hydrogen-bond acceptors (Lipinski definition) is 5. The second-order valence-corrected chi connectivity index (χ2v) is 10.6. The van der Waals surface area contributed by atoms with Crippen molar-refractivity contribution in [2.45, 2.75) is 5.60 Å². The number of phenolic OH excluding ortho intramolecular Hbond substituents is 2. The number of halogens is 6. The second-order valence-electron chi connectivity index (χ2n) is 6.78. The van der Waals surface area contributed by atoms with Gasteiger partial charge in [-0.1, -0.05) is 46.4 Å². The molecule has 2 N–H and O–H groups in total. The molecule has 0 atom stereocenters. The van der Waals surface area contributed by atoms with Crippen molar-refractivity contribution in [1.82, 2.24) is 0 Å². The molecule has 11 heteroatoms. The third kappa shape index (κ3) is 2.90. The van der Waals surface area contributed by atoms with Crippen LogP contribution >= 0.6 is 91.6 Å². The number of benzene rings is 3. The van der Waals surface area contributed by atoms with Crippen LogP contribution in [0, 0.1) is 7.14 Å². The highest BCUT2D eigenvalue weighted by Gasteiger charge is 2.57. The number of ether oxygens (including phenoxy) is 2. The van der Waals surface area contributed by atoms with Gasteiger partial charge in [-0.15, -0.1) is 0 Å². The maximum Gasteiger partial charge on any atom is 0.341 e. The monoisotopic (exact) mass is 720 g/mol. The SMILES string of the molecule is O=C1OC2(c3cc(I)c(O)cc3Oc3cc(O)c(I)cc32)c2c(Cl)c(Cl)c(Cl)c(Cl)c21. The molecule has 0 fully saturated rings. The highest BCUT2D eigenvalue weighted by Crippen LogP contribution is 2.61. The first-order chi connectivity index (χ1) is 14.6. The van der Waals surface area contributed by atoms with E-state index in [1.165, 1.54) is 12.1 Å². The topological polar surface area (TPSA) is 76.0 Å². The Morgan fingerprint density at radius 1 is 0.774 bits per heavy atom. The molecule has 0 radical (unpaired) electrons. The Hall–Kier alpha value is -0.850. The molecule has 0 saturated carbocycles. The summed E-state index contributed by atoms with van der Waals surface area (Å²) in [6.45, 7) is 0. The lowest BCUT2D eigenvalue weighted by Crippen LogP contribution is -2.33. The molecule has 0 unspecified atom stereocenters. The molecular formula is C20H6Cl4I2O5.